The number of benzene rings is 2. The SMILES string of the molecule is N#C/C(=N\Nc1ccc(C(=O)O)cc1)c1nc2ccccc2[nH]1. The Kier molecular flexibility index (Phi) is 3.72. The van der Waals surface area contributed by atoms with Crippen molar-refractivity contribution in [2.75, 3.05) is 5.43 Å². The fourth-order valence-electron chi connectivity index (χ4n) is 2.00. The molecule has 0 saturated heterocycles. The monoisotopic (exact) mass is 305 g/mol. The highest BCUT2D eigenvalue weighted by Gasteiger charge is 2.09. The molecule has 0 aliphatic heterocycles. The largest absolute Gasteiger partial charge is 0.478 e. The van der Waals surface area contributed by atoms with Gasteiger partial charge in [-0.3, -0.25) is 5.43 Å². The highest BCUT2D eigenvalue weighted by Crippen LogP contribution is 2.12. The highest BCUT2D eigenvalue weighted by molar-refractivity contribution is 6.10. The number of aromatic amines is 1. The second-order valence-electron chi connectivity index (χ2n) is 4.67. The van der Waals surface area contributed by atoms with Crippen LogP contribution >= 0.6 is 0 Å². The first kappa shape index (κ1) is 14.3. The van der Waals surface area contributed by atoms with Crippen LogP contribution in [0.1, 0.15) is 16.2 Å². The fourth-order valence-corrected chi connectivity index (χ4v) is 2.00. The fraction of sp³-hybridized carbons (Fsp3) is 0. The van der Waals surface area contributed by atoms with Gasteiger partial charge in [0.25, 0.3) is 0 Å². The second-order valence-corrected chi connectivity index (χ2v) is 4.67. The number of aromatic carboxylic acids is 1. The molecule has 1 aromatic heterocycles. The Morgan fingerprint density at radius 1 is 1.22 bits per heavy atom. The topological polar surface area (TPSA) is 114 Å². The van der Waals surface area contributed by atoms with Gasteiger partial charge in [-0.15, -0.1) is 0 Å². The molecule has 0 bridgehead atoms. The number of H-pyrrole nitrogens is 1. The summed E-state index contributed by atoms with van der Waals surface area (Å²) in [7, 11) is 0. The smallest absolute Gasteiger partial charge is 0.335 e. The summed E-state index contributed by atoms with van der Waals surface area (Å²) in [5, 5.41) is 22.1. The lowest BCUT2D eigenvalue weighted by Crippen LogP contribution is -2.04. The number of fused-ring (bicyclic) bond motifs is 1. The van der Waals surface area contributed by atoms with Gasteiger partial charge in [-0.1, -0.05) is 12.1 Å². The van der Waals surface area contributed by atoms with Crippen molar-refractivity contribution < 1.29 is 9.90 Å². The Bertz CT molecular complexity index is 902. The summed E-state index contributed by atoms with van der Waals surface area (Å²) in [5.74, 6) is -0.636. The molecule has 3 N–H and O–H groups in total. The van der Waals surface area contributed by atoms with Crippen LogP contribution in [-0.2, 0) is 0 Å². The summed E-state index contributed by atoms with van der Waals surface area (Å²) < 4.78 is 0. The summed E-state index contributed by atoms with van der Waals surface area (Å²) in [6, 6.07) is 15.4. The molecule has 7 heteroatoms. The van der Waals surface area contributed by atoms with Crippen LogP contribution in [-0.4, -0.2) is 26.8 Å². The van der Waals surface area contributed by atoms with E-state index in [4.69, 9.17) is 5.11 Å². The molecule has 2 aromatic carbocycles. The zero-order chi connectivity index (χ0) is 16.2. The van der Waals surface area contributed by atoms with Gasteiger partial charge in [-0.05, 0) is 36.4 Å². The Hall–Kier alpha value is -3.66. The van der Waals surface area contributed by atoms with Crippen molar-refractivity contribution in [2.24, 2.45) is 5.10 Å². The van der Waals surface area contributed by atoms with Gasteiger partial charge in [0.05, 0.1) is 22.3 Å². The molecular formula is C16H11N5O2. The van der Waals surface area contributed by atoms with Crippen LogP contribution in [0.2, 0.25) is 0 Å². The van der Waals surface area contributed by atoms with Crippen molar-refractivity contribution in [3.63, 3.8) is 0 Å². The molecule has 1 heterocycles. The number of hydrazone groups is 1. The third-order valence-electron chi connectivity index (χ3n) is 3.15. The highest BCUT2D eigenvalue weighted by atomic mass is 16.4. The molecule has 0 aliphatic carbocycles. The second kappa shape index (κ2) is 5.99. The normalized spacial score (nSPS) is 11.2. The van der Waals surface area contributed by atoms with E-state index in [1.165, 1.54) is 12.1 Å². The number of anilines is 1. The zero-order valence-electron chi connectivity index (χ0n) is 11.8. The molecule has 7 nitrogen and oxygen atoms in total. The van der Waals surface area contributed by atoms with E-state index in [0.29, 0.717) is 11.5 Å². The predicted octanol–water partition coefficient (Wildman–Crippen LogP) is 2.60. The third-order valence-corrected chi connectivity index (χ3v) is 3.15. The molecular weight excluding hydrogens is 294 g/mol. The molecule has 112 valence electrons. The first-order chi connectivity index (χ1) is 11.2. The van der Waals surface area contributed by atoms with Crippen LogP contribution < -0.4 is 5.43 Å². The molecule has 0 aliphatic rings. The Balaban J connectivity index is 1.84. The van der Waals surface area contributed by atoms with Gasteiger partial charge in [-0.2, -0.15) is 10.4 Å². The van der Waals surface area contributed by atoms with Crippen molar-refractivity contribution in [3.05, 3.63) is 59.9 Å². The lowest BCUT2D eigenvalue weighted by atomic mass is 10.2. The van der Waals surface area contributed by atoms with Crippen LogP contribution in [0.3, 0.4) is 0 Å². The molecule has 0 unspecified atom stereocenters. The number of hydrogen-bond acceptors (Lipinski definition) is 5. The number of nitriles is 1. The standard InChI is InChI=1S/C16H11N5O2/c17-9-14(15-18-12-3-1-2-4-13(12)19-15)21-20-11-7-5-10(6-8-11)16(22)23/h1-8,20H,(H,18,19)(H,22,23)/b21-14+. The number of carbonyl (C=O) groups is 1. The maximum atomic E-state index is 10.8. The first-order valence-electron chi connectivity index (χ1n) is 6.69. The van der Waals surface area contributed by atoms with Crippen molar-refractivity contribution in [2.45, 2.75) is 0 Å². The number of hydrogen-bond donors (Lipinski definition) is 3. The predicted molar refractivity (Wildman–Crippen MR) is 85.3 cm³/mol. The summed E-state index contributed by atoms with van der Waals surface area (Å²) in [6.45, 7) is 0. The van der Waals surface area contributed by atoms with E-state index in [0.717, 1.165) is 11.0 Å². The summed E-state index contributed by atoms with van der Waals surface area (Å²) in [6.07, 6.45) is 0. The molecule has 0 atom stereocenters. The molecule has 23 heavy (non-hydrogen) atoms. The van der Waals surface area contributed by atoms with E-state index in [1.54, 1.807) is 12.1 Å². The molecule has 0 spiro atoms. The number of imidazole rings is 1. The van der Waals surface area contributed by atoms with Crippen LogP contribution in [0.25, 0.3) is 11.0 Å². The van der Waals surface area contributed by atoms with E-state index >= 15 is 0 Å². The van der Waals surface area contributed by atoms with Gasteiger partial charge in [0.15, 0.2) is 5.82 Å². The summed E-state index contributed by atoms with van der Waals surface area (Å²) in [5.41, 5.74) is 5.13. The van der Waals surface area contributed by atoms with E-state index < -0.39 is 5.97 Å². The van der Waals surface area contributed by atoms with Gasteiger partial charge in [0.2, 0.25) is 5.71 Å². The quantitative estimate of drug-likeness (QED) is 0.506. The average Bonchev–Trinajstić information content (AvgIpc) is 2.99. The van der Waals surface area contributed by atoms with Gasteiger partial charge < -0.3 is 10.1 Å². The van der Waals surface area contributed by atoms with Gasteiger partial charge in [0, 0.05) is 0 Å². The van der Waals surface area contributed by atoms with Crippen molar-refractivity contribution >= 4 is 28.4 Å². The van der Waals surface area contributed by atoms with E-state index in [-0.39, 0.29) is 11.3 Å². The van der Waals surface area contributed by atoms with Gasteiger partial charge in [0.1, 0.15) is 6.07 Å². The average molecular weight is 305 g/mol. The van der Waals surface area contributed by atoms with Crippen molar-refractivity contribution in [1.82, 2.24) is 9.97 Å². The Morgan fingerprint density at radius 2 is 1.96 bits per heavy atom. The number of nitrogens with zero attached hydrogens (tertiary/aromatic N) is 3. The number of nitrogens with one attached hydrogen (secondary N) is 2. The van der Waals surface area contributed by atoms with Gasteiger partial charge >= 0.3 is 5.97 Å². The number of rotatable bonds is 4. The Morgan fingerprint density at radius 3 is 2.61 bits per heavy atom. The molecule has 0 radical (unpaired) electrons. The number of carboxylic acids is 1. The number of carboxylic acid groups (broad SMARTS) is 1. The van der Waals surface area contributed by atoms with Gasteiger partial charge in [-0.25, -0.2) is 9.78 Å². The molecule has 0 amide bonds. The molecule has 0 fully saturated rings. The van der Waals surface area contributed by atoms with E-state index in [1.807, 2.05) is 30.3 Å². The first-order valence-corrected chi connectivity index (χ1v) is 6.69. The molecule has 3 rings (SSSR count). The minimum Gasteiger partial charge on any atom is -0.478 e. The van der Waals surface area contributed by atoms with Crippen molar-refractivity contribution in [3.8, 4) is 6.07 Å². The lowest BCUT2D eigenvalue weighted by molar-refractivity contribution is 0.0697. The third kappa shape index (κ3) is 3.01. The number of para-hydroxylation sites is 2. The minimum absolute atomic E-state index is 0.100. The lowest BCUT2D eigenvalue weighted by Gasteiger charge is -2.01. The molecule has 3 aromatic rings. The maximum absolute atomic E-state index is 10.8. The summed E-state index contributed by atoms with van der Waals surface area (Å²) in [4.78, 5) is 18.1. The number of aromatic nitrogens is 2. The molecule has 0 saturated carbocycles. The summed E-state index contributed by atoms with van der Waals surface area (Å²) >= 11 is 0. The maximum Gasteiger partial charge on any atom is 0.335 e. The van der Waals surface area contributed by atoms with Crippen LogP contribution in [0.15, 0.2) is 53.6 Å². The zero-order valence-corrected chi connectivity index (χ0v) is 11.8. The van der Waals surface area contributed by atoms with E-state index in [2.05, 4.69) is 20.5 Å². The van der Waals surface area contributed by atoms with Crippen LogP contribution in [0.5, 0.6) is 0 Å². The van der Waals surface area contributed by atoms with Crippen LogP contribution in [0, 0.1) is 11.3 Å². The van der Waals surface area contributed by atoms with E-state index in [9.17, 15) is 10.1 Å². The minimum atomic E-state index is -1.000. The Labute approximate surface area is 130 Å². The van der Waals surface area contributed by atoms with Crippen LogP contribution in [0.4, 0.5) is 5.69 Å². The van der Waals surface area contributed by atoms with Crippen molar-refractivity contribution in [1.29, 1.82) is 5.26 Å².